The van der Waals surface area contributed by atoms with E-state index in [-0.39, 0.29) is 11.9 Å². The Hall–Kier alpha value is -1.40. The minimum Gasteiger partial charge on any atom is -0.444 e. The molecule has 0 unspecified atom stereocenters. The van der Waals surface area contributed by atoms with Gasteiger partial charge in [-0.05, 0) is 65.1 Å². The Bertz CT molecular complexity index is 524. The quantitative estimate of drug-likeness (QED) is 0.859. The molecule has 0 radical (unpaired) electrons. The van der Waals surface area contributed by atoms with Crippen molar-refractivity contribution in [2.24, 2.45) is 5.92 Å². The number of carbonyl (C=O) groups excluding carboxylic acids is 1. The van der Waals surface area contributed by atoms with Crippen LogP contribution in [0.1, 0.15) is 49.4 Å². The van der Waals surface area contributed by atoms with Crippen LogP contribution in [0.15, 0.2) is 4.42 Å². The summed E-state index contributed by atoms with van der Waals surface area (Å²) in [5, 5.41) is 6.46. The summed E-state index contributed by atoms with van der Waals surface area (Å²) in [5.41, 5.74) is 0.985. The first-order valence-electron chi connectivity index (χ1n) is 9.28. The Morgan fingerprint density at radius 3 is 2.71 bits per heavy atom. The molecule has 1 aromatic rings. The number of carbonyl (C=O) groups is 1. The molecule has 3 heterocycles. The van der Waals surface area contributed by atoms with Crippen molar-refractivity contribution in [1.29, 1.82) is 0 Å². The number of hydrogen-bond acceptors (Lipinski definition) is 5. The normalized spacial score (nSPS) is 23.3. The predicted octanol–water partition coefficient (Wildman–Crippen LogP) is 1.76. The van der Waals surface area contributed by atoms with E-state index in [1.165, 1.54) is 6.42 Å². The maximum absolute atomic E-state index is 12.2. The summed E-state index contributed by atoms with van der Waals surface area (Å²) in [6.45, 7) is 8.60. The standard InChI is InChI=1S/C18H30N4O2/c1-13-14(2)24-17(21-13)12-22-9-6-15(7-10-22)11-20-18(23)16-5-3-4-8-19-16/h15-16,19H,3-12H2,1-2H3,(H,20,23)/t16-/m1/s1. The fraction of sp³-hybridized carbons (Fsp3) is 0.778. The van der Waals surface area contributed by atoms with E-state index in [0.29, 0.717) is 5.92 Å². The number of aryl methyl sites for hydroxylation is 2. The van der Waals surface area contributed by atoms with Gasteiger partial charge < -0.3 is 15.1 Å². The van der Waals surface area contributed by atoms with Crippen LogP contribution in [0, 0.1) is 19.8 Å². The van der Waals surface area contributed by atoms with E-state index in [2.05, 4.69) is 20.5 Å². The van der Waals surface area contributed by atoms with Gasteiger partial charge in [0.05, 0.1) is 18.3 Å². The van der Waals surface area contributed by atoms with E-state index in [9.17, 15) is 4.79 Å². The molecule has 0 aromatic carbocycles. The monoisotopic (exact) mass is 334 g/mol. The molecule has 2 fully saturated rings. The van der Waals surface area contributed by atoms with Crippen molar-refractivity contribution in [2.75, 3.05) is 26.2 Å². The number of hydrogen-bond donors (Lipinski definition) is 2. The van der Waals surface area contributed by atoms with Gasteiger partial charge in [-0.1, -0.05) is 6.42 Å². The Labute approximate surface area is 144 Å². The molecule has 0 spiro atoms. The zero-order valence-corrected chi connectivity index (χ0v) is 14.9. The van der Waals surface area contributed by atoms with Crippen LogP contribution in [0.4, 0.5) is 0 Å². The lowest BCUT2D eigenvalue weighted by Crippen LogP contribution is -2.48. The summed E-state index contributed by atoms with van der Waals surface area (Å²) in [4.78, 5) is 19.0. The van der Waals surface area contributed by atoms with Crippen LogP contribution in [0.2, 0.25) is 0 Å². The molecular weight excluding hydrogens is 304 g/mol. The summed E-state index contributed by atoms with van der Waals surface area (Å²) in [6, 6.07) is 0.0235. The maximum atomic E-state index is 12.2. The van der Waals surface area contributed by atoms with Gasteiger partial charge in [-0.25, -0.2) is 4.98 Å². The van der Waals surface area contributed by atoms with E-state index in [0.717, 1.165) is 75.8 Å². The van der Waals surface area contributed by atoms with Gasteiger partial charge in [0.1, 0.15) is 5.76 Å². The average Bonchev–Trinajstić information content (AvgIpc) is 2.92. The van der Waals surface area contributed by atoms with E-state index in [1.807, 2.05) is 13.8 Å². The first-order chi connectivity index (χ1) is 11.6. The smallest absolute Gasteiger partial charge is 0.237 e. The molecule has 0 bridgehead atoms. The van der Waals surface area contributed by atoms with E-state index in [4.69, 9.17) is 4.42 Å². The van der Waals surface area contributed by atoms with Crippen molar-refractivity contribution in [3.63, 3.8) is 0 Å². The fourth-order valence-electron chi connectivity index (χ4n) is 3.59. The zero-order valence-electron chi connectivity index (χ0n) is 14.9. The lowest BCUT2D eigenvalue weighted by molar-refractivity contribution is -0.123. The van der Waals surface area contributed by atoms with Crippen LogP contribution in [-0.4, -0.2) is 48.0 Å². The van der Waals surface area contributed by atoms with Gasteiger partial charge >= 0.3 is 0 Å². The maximum Gasteiger partial charge on any atom is 0.237 e. The largest absolute Gasteiger partial charge is 0.444 e. The summed E-state index contributed by atoms with van der Waals surface area (Å²) in [6.07, 6.45) is 5.56. The Morgan fingerprint density at radius 2 is 2.08 bits per heavy atom. The van der Waals surface area contributed by atoms with Crippen LogP contribution in [0.5, 0.6) is 0 Å². The Kier molecular flexibility index (Phi) is 5.89. The second-order valence-corrected chi connectivity index (χ2v) is 7.22. The third kappa shape index (κ3) is 4.57. The molecule has 0 aliphatic carbocycles. The zero-order chi connectivity index (χ0) is 16.9. The topological polar surface area (TPSA) is 70.4 Å². The highest BCUT2D eigenvalue weighted by molar-refractivity contribution is 5.81. The number of amides is 1. The molecule has 134 valence electrons. The van der Waals surface area contributed by atoms with Crippen molar-refractivity contribution in [3.05, 3.63) is 17.3 Å². The van der Waals surface area contributed by atoms with E-state index < -0.39 is 0 Å². The van der Waals surface area contributed by atoms with Gasteiger partial charge in [-0.3, -0.25) is 9.69 Å². The molecule has 3 rings (SSSR count). The predicted molar refractivity (Wildman–Crippen MR) is 92.6 cm³/mol. The molecule has 1 aromatic heterocycles. The van der Waals surface area contributed by atoms with E-state index in [1.54, 1.807) is 0 Å². The number of likely N-dealkylation sites (tertiary alicyclic amines) is 1. The van der Waals surface area contributed by atoms with Gasteiger partial charge in [0, 0.05) is 6.54 Å². The summed E-state index contributed by atoms with van der Waals surface area (Å²) >= 11 is 0. The van der Waals surface area contributed by atoms with Gasteiger partial charge in [-0.15, -0.1) is 0 Å². The third-order valence-electron chi connectivity index (χ3n) is 5.33. The molecule has 2 aliphatic rings. The number of aromatic nitrogens is 1. The summed E-state index contributed by atoms with van der Waals surface area (Å²) in [7, 11) is 0. The van der Waals surface area contributed by atoms with Crippen molar-refractivity contribution < 1.29 is 9.21 Å². The molecule has 2 N–H and O–H groups in total. The first-order valence-corrected chi connectivity index (χ1v) is 9.28. The molecule has 0 saturated carbocycles. The van der Waals surface area contributed by atoms with Gasteiger partial charge in [0.15, 0.2) is 0 Å². The number of piperidine rings is 2. The SMILES string of the molecule is Cc1nc(CN2CCC(CNC(=O)[C@H]3CCCCN3)CC2)oc1C. The molecule has 6 nitrogen and oxygen atoms in total. The van der Waals surface area contributed by atoms with Crippen LogP contribution >= 0.6 is 0 Å². The minimum atomic E-state index is 0.0235. The molecule has 6 heteroatoms. The van der Waals surface area contributed by atoms with Crippen molar-refractivity contribution in [2.45, 2.75) is 58.5 Å². The first kappa shape index (κ1) is 17.4. The van der Waals surface area contributed by atoms with Gasteiger partial charge in [0.25, 0.3) is 0 Å². The minimum absolute atomic E-state index is 0.0235. The molecule has 24 heavy (non-hydrogen) atoms. The summed E-state index contributed by atoms with van der Waals surface area (Å²) < 4.78 is 5.67. The Balaban J connectivity index is 1.36. The highest BCUT2D eigenvalue weighted by Gasteiger charge is 2.24. The molecule has 1 amide bonds. The lowest BCUT2D eigenvalue weighted by Gasteiger charge is -2.31. The number of nitrogens with zero attached hydrogens (tertiary/aromatic N) is 2. The molecular formula is C18H30N4O2. The number of oxazole rings is 1. The second kappa shape index (κ2) is 8.12. The Morgan fingerprint density at radius 1 is 1.29 bits per heavy atom. The molecule has 2 saturated heterocycles. The van der Waals surface area contributed by atoms with Crippen LogP contribution in [0.3, 0.4) is 0 Å². The third-order valence-corrected chi connectivity index (χ3v) is 5.33. The average molecular weight is 334 g/mol. The van der Waals surface area contributed by atoms with Crippen molar-refractivity contribution in [3.8, 4) is 0 Å². The second-order valence-electron chi connectivity index (χ2n) is 7.22. The van der Waals surface area contributed by atoms with Crippen LogP contribution in [-0.2, 0) is 11.3 Å². The van der Waals surface area contributed by atoms with Gasteiger partial charge in [0.2, 0.25) is 11.8 Å². The van der Waals surface area contributed by atoms with Crippen LogP contribution in [0.25, 0.3) is 0 Å². The highest BCUT2D eigenvalue weighted by atomic mass is 16.4. The lowest BCUT2D eigenvalue weighted by atomic mass is 9.96. The van der Waals surface area contributed by atoms with Crippen molar-refractivity contribution in [1.82, 2.24) is 20.5 Å². The number of rotatable bonds is 5. The summed E-state index contributed by atoms with van der Waals surface area (Å²) in [5.74, 6) is 2.50. The number of nitrogens with one attached hydrogen (secondary N) is 2. The molecule has 1 atom stereocenters. The van der Waals surface area contributed by atoms with Gasteiger partial charge in [-0.2, -0.15) is 0 Å². The molecule has 2 aliphatic heterocycles. The highest BCUT2D eigenvalue weighted by Crippen LogP contribution is 2.19. The fourth-order valence-corrected chi connectivity index (χ4v) is 3.59. The van der Waals surface area contributed by atoms with E-state index >= 15 is 0 Å². The van der Waals surface area contributed by atoms with Crippen LogP contribution < -0.4 is 10.6 Å². The van der Waals surface area contributed by atoms with Crippen molar-refractivity contribution >= 4 is 5.91 Å².